The number of benzene rings is 3. The van der Waals surface area contributed by atoms with Crippen LogP contribution in [0.2, 0.25) is 0 Å². The molecule has 0 amide bonds. The zero-order valence-electron chi connectivity index (χ0n) is 12.2. The molecule has 118 valence electrons. The van der Waals surface area contributed by atoms with E-state index in [1.807, 2.05) is 60.7 Å². The summed E-state index contributed by atoms with van der Waals surface area (Å²) in [6.45, 7) is 0. The molecular formula is C18H15IO3S. The van der Waals surface area contributed by atoms with Crippen molar-refractivity contribution in [1.82, 2.24) is 0 Å². The summed E-state index contributed by atoms with van der Waals surface area (Å²) in [6, 6.07) is 27.4. The van der Waals surface area contributed by atoms with Gasteiger partial charge in [-0.25, -0.2) is 0 Å². The number of hydrogen-bond acceptors (Lipinski definition) is 3. The SMILES string of the molecule is O=S(=O)(OI(c1ccccc1)c1ccccc1)c1ccccc1. The second kappa shape index (κ2) is 7.25. The van der Waals surface area contributed by atoms with Crippen molar-refractivity contribution in [1.29, 1.82) is 0 Å². The van der Waals surface area contributed by atoms with Crippen LogP contribution in [0.4, 0.5) is 0 Å². The van der Waals surface area contributed by atoms with Gasteiger partial charge in [0.15, 0.2) is 0 Å². The van der Waals surface area contributed by atoms with Crippen molar-refractivity contribution in [3.8, 4) is 0 Å². The van der Waals surface area contributed by atoms with E-state index in [4.69, 9.17) is 2.51 Å². The summed E-state index contributed by atoms with van der Waals surface area (Å²) in [5.74, 6) is 0. The van der Waals surface area contributed by atoms with Crippen LogP contribution in [-0.2, 0) is 12.6 Å². The van der Waals surface area contributed by atoms with Crippen molar-refractivity contribution < 1.29 is 10.9 Å². The molecule has 0 bridgehead atoms. The van der Waals surface area contributed by atoms with Crippen LogP contribution in [0.1, 0.15) is 0 Å². The zero-order valence-corrected chi connectivity index (χ0v) is 15.1. The Morgan fingerprint density at radius 3 is 1.43 bits per heavy atom. The van der Waals surface area contributed by atoms with E-state index < -0.39 is 30.4 Å². The predicted molar refractivity (Wildman–Crippen MR) is 99.0 cm³/mol. The van der Waals surface area contributed by atoms with Crippen molar-refractivity contribution in [2.24, 2.45) is 0 Å². The summed E-state index contributed by atoms with van der Waals surface area (Å²) < 4.78 is 32.8. The van der Waals surface area contributed by atoms with E-state index in [0.29, 0.717) is 0 Å². The summed E-state index contributed by atoms with van der Waals surface area (Å²) in [7, 11) is -3.79. The third kappa shape index (κ3) is 3.99. The molecule has 0 heterocycles. The molecule has 3 nitrogen and oxygen atoms in total. The van der Waals surface area contributed by atoms with E-state index in [1.54, 1.807) is 30.3 Å². The van der Waals surface area contributed by atoms with E-state index in [0.717, 1.165) is 7.14 Å². The van der Waals surface area contributed by atoms with Crippen LogP contribution in [-0.4, -0.2) is 8.42 Å². The zero-order chi connectivity index (χ0) is 16.1. The van der Waals surface area contributed by atoms with E-state index in [2.05, 4.69) is 0 Å². The fraction of sp³-hybridized carbons (Fsp3) is 0. The van der Waals surface area contributed by atoms with Crippen LogP contribution in [0, 0.1) is 7.14 Å². The van der Waals surface area contributed by atoms with Crippen molar-refractivity contribution in [3.63, 3.8) is 0 Å². The minimum absolute atomic E-state index is 0.189. The van der Waals surface area contributed by atoms with Crippen molar-refractivity contribution in [2.45, 2.75) is 4.90 Å². The number of rotatable bonds is 5. The van der Waals surface area contributed by atoms with Gasteiger partial charge in [0.25, 0.3) is 0 Å². The van der Waals surface area contributed by atoms with Gasteiger partial charge in [0, 0.05) is 0 Å². The van der Waals surface area contributed by atoms with Gasteiger partial charge in [0.1, 0.15) is 0 Å². The Balaban J connectivity index is 2.00. The second-order valence-corrected chi connectivity index (χ2v) is 11.2. The Labute approximate surface area is 144 Å². The fourth-order valence-corrected chi connectivity index (χ4v) is 8.98. The Hall–Kier alpha value is -1.70. The molecule has 3 aromatic carbocycles. The van der Waals surface area contributed by atoms with Crippen LogP contribution < -0.4 is 0 Å². The fourth-order valence-electron chi connectivity index (χ4n) is 1.96. The maximum atomic E-state index is 12.6. The Kier molecular flexibility index (Phi) is 5.09. The molecule has 0 fully saturated rings. The number of hydrogen-bond donors (Lipinski definition) is 0. The summed E-state index contributed by atoms with van der Waals surface area (Å²) >= 11 is -2.54. The van der Waals surface area contributed by atoms with Crippen LogP contribution in [0.5, 0.6) is 0 Å². The molecule has 0 unspecified atom stereocenters. The van der Waals surface area contributed by atoms with Gasteiger partial charge in [-0.3, -0.25) is 0 Å². The molecule has 0 atom stereocenters. The van der Waals surface area contributed by atoms with Crippen molar-refractivity contribution in [2.75, 3.05) is 0 Å². The quantitative estimate of drug-likeness (QED) is 0.549. The van der Waals surface area contributed by atoms with Gasteiger partial charge >= 0.3 is 144 Å². The molecular weight excluding hydrogens is 423 g/mol. The van der Waals surface area contributed by atoms with Gasteiger partial charge < -0.3 is 0 Å². The topological polar surface area (TPSA) is 43.4 Å². The second-order valence-electron chi connectivity index (χ2n) is 4.67. The summed E-state index contributed by atoms with van der Waals surface area (Å²) in [6.07, 6.45) is 0. The molecule has 5 heteroatoms. The normalized spacial score (nSPS) is 11.9. The molecule has 0 spiro atoms. The first-order valence-corrected chi connectivity index (χ1v) is 11.4. The molecule has 0 aliphatic heterocycles. The predicted octanol–water partition coefficient (Wildman–Crippen LogP) is 4.55. The molecule has 3 aromatic rings. The van der Waals surface area contributed by atoms with Gasteiger partial charge in [0.05, 0.1) is 0 Å². The molecule has 0 aliphatic carbocycles. The average molecular weight is 438 g/mol. The molecule has 0 aliphatic rings. The van der Waals surface area contributed by atoms with Gasteiger partial charge in [-0.1, -0.05) is 0 Å². The van der Waals surface area contributed by atoms with Crippen molar-refractivity contribution in [3.05, 3.63) is 98.1 Å². The van der Waals surface area contributed by atoms with Crippen LogP contribution in [0.25, 0.3) is 0 Å². The molecule has 23 heavy (non-hydrogen) atoms. The first kappa shape index (κ1) is 16.2. The van der Waals surface area contributed by atoms with E-state index in [-0.39, 0.29) is 4.90 Å². The van der Waals surface area contributed by atoms with E-state index >= 15 is 0 Å². The minimum atomic E-state index is -3.79. The molecule has 0 aromatic heterocycles. The van der Waals surface area contributed by atoms with E-state index in [9.17, 15) is 8.42 Å². The van der Waals surface area contributed by atoms with Gasteiger partial charge in [-0.15, -0.1) is 0 Å². The summed E-state index contributed by atoms with van der Waals surface area (Å²) in [4.78, 5) is 0.189. The molecule has 0 N–H and O–H groups in total. The molecule has 0 saturated carbocycles. The van der Waals surface area contributed by atoms with Gasteiger partial charge in [0.2, 0.25) is 0 Å². The monoisotopic (exact) mass is 438 g/mol. The van der Waals surface area contributed by atoms with Crippen molar-refractivity contribution >= 4 is 30.4 Å². The van der Waals surface area contributed by atoms with Crippen LogP contribution in [0.3, 0.4) is 0 Å². The third-order valence-electron chi connectivity index (χ3n) is 3.04. The van der Waals surface area contributed by atoms with Crippen LogP contribution >= 0.6 is 20.2 Å². The Bertz CT molecular complexity index is 811. The van der Waals surface area contributed by atoms with Gasteiger partial charge in [-0.05, 0) is 0 Å². The molecule has 3 rings (SSSR count). The Morgan fingerprint density at radius 1 is 0.609 bits per heavy atom. The Morgan fingerprint density at radius 2 is 1.00 bits per heavy atom. The maximum absolute atomic E-state index is 12.6. The summed E-state index contributed by atoms with van der Waals surface area (Å²) in [5, 5.41) is 0. The average Bonchev–Trinajstić information content (AvgIpc) is 2.62. The third-order valence-corrected chi connectivity index (χ3v) is 10.4. The first-order chi connectivity index (χ1) is 11.2. The molecule has 0 saturated heterocycles. The summed E-state index contributed by atoms with van der Waals surface area (Å²) in [5.41, 5.74) is 0. The standard InChI is InChI=1S/C18H15IO3S/c20-23(21,18-14-8-3-9-15-18)22-19(16-10-4-1-5-11-16)17-12-6-2-7-13-17/h1-15H. The molecule has 0 radical (unpaired) electrons. The first-order valence-electron chi connectivity index (χ1n) is 6.97. The van der Waals surface area contributed by atoms with Gasteiger partial charge in [-0.2, -0.15) is 0 Å². The van der Waals surface area contributed by atoms with E-state index in [1.165, 1.54) is 0 Å². The van der Waals surface area contributed by atoms with Crippen LogP contribution in [0.15, 0.2) is 95.9 Å². The number of halogens is 1.